The molecule has 5 nitrogen and oxygen atoms in total. The van der Waals surface area contributed by atoms with Gasteiger partial charge in [-0.2, -0.15) is 0 Å². The van der Waals surface area contributed by atoms with Crippen LogP contribution in [0.5, 0.6) is 0 Å². The Morgan fingerprint density at radius 2 is 1.38 bits per heavy atom. The number of carbonyl (C=O) groups excluding carboxylic acids is 2. The molecule has 0 spiro atoms. The molecule has 3 aromatic carbocycles. The van der Waals surface area contributed by atoms with Gasteiger partial charge < -0.3 is 5.11 Å². The summed E-state index contributed by atoms with van der Waals surface area (Å²) in [4.78, 5) is 26.4. The topological polar surface area (TPSA) is 69.6 Å². The molecule has 0 unspecified atom stereocenters. The molecule has 0 heterocycles. The van der Waals surface area contributed by atoms with Gasteiger partial charge in [0.05, 0.1) is 5.69 Å². The normalized spacial score (nSPS) is 12.6. The summed E-state index contributed by atoms with van der Waals surface area (Å²) >= 11 is 0. The molecule has 0 bridgehead atoms. The Labute approximate surface area is 170 Å². The van der Waals surface area contributed by atoms with E-state index in [1.54, 1.807) is 72.8 Å². The van der Waals surface area contributed by atoms with Crippen LogP contribution in [-0.4, -0.2) is 16.9 Å². The van der Waals surface area contributed by atoms with Gasteiger partial charge in [-0.3, -0.25) is 15.0 Å². The Bertz CT molecular complexity index is 946. The number of aliphatic hydroxyl groups is 1. The molecule has 2 N–H and O–H groups in total. The van der Waals surface area contributed by atoms with E-state index >= 15 is 0 Å². The molecule has 5 heteroatoms. The van der Waals surface area contributed by atoms with Crippen molar-refractivity contribution >= 4 is 17.5 Å². The van der Waals surface area contributed by atoms with Crippen LogP contribution in [0, 0.1) is 0 Å². The van der Waals surface area contributed by atoms with Crippen molar-refractivity contribution < 1.29 is 14.7 Å². The molecule has 0 fully saturated rings. The fourth-order valence-electron chi connectivity index (χ4n) is 3.18. The van der Waals surface area contributed by atoms with Crippen molar-refractivity contribution in [1.82, 2.24) is 5.43 Å². The molecular formula is C24H24N2O3. The second-order valence-corrected chi connectivity index (χ2v) is 6.76. The van der Waals surface area contributed by atoms with Crippen LogP contribution in [0.2, 0.25) is 0 Å². The Morgan fingerprint density at radius 3 is 1.93 bits per heavy atom. The molecule has 0 saturated carbocycles. The van der Waals surface area contributed by atoms with Crippen molar-refractivity contribution in [1.29, 1.82) is 0 Å². The van der Waals surface area contributed by atoms with Gasteiger partial charge >= 0.3 is 0 Å². The first-order chi connectivity index (χ1) is 14.1. The van der Waals surface area contributed by atoms with Gasteiger partial charge in [0.2, 0.25) is 0 Å². The molecule has 3 aromatic rings. The monoisotopic (exact) mass is 388 g/mol. The fraction of sp³-hybridized carbons (Fsp3) is 0.167. The molecule has 0 aromatic heterocycles. The van der Waals surface area contributed by atoms with Crippen LogP contribution in [0.1, 0.15) is 35.7 Å². The molecule has 3 rings (SSSR count). The van der Waals surface area contributed by atoms with Gasteiger partial charge in [0.15, 0.2) is 5.60 Å². The van der Waals surface area contributed by atoms with Gasteiger partial charge in [0.1, 0.15) is 0 Å². The first-order valence-electron chi connectivity index (χ1n) is 9.60. The van der Waals surface area contributed by atoms with Gasteiger partial charge in [0.25, 0.3) is 11.8 Å². The predicted octanol–water partition coefficient (Wildman–Crippen LogP) is 4.05. The van der Waals surface area contributed by atoms with Gasteiger partial charge in [0, 0.05) is 5.56 Å². The summed E-state index contributed by atoms with van der Waals surface area (Å²) in [7, 11) is 0. The summed E-state index contributed by atoms with van der Waals surface area (Å²) in [6.07, 6.45) is 0.821. The highest BCUT2D eigenvalue weighted by atomic mass is 16.3. The van der Waals surface area contributed by atoms with Crippen molar-refractivity contribution in [3.8, 4) is 0 Å². The minimum atomic E-state index is -1.75. The number of nitrogens with zero attached hydrogens (tertiary/aromatic N) is 1. The average Bonchev–Trinajstić information content (AvgIpc) is 2.78. The third-order valence-electron chi connectivity index (χ3n) is 4.69. The molecule has 0 radical (unpaired) electrons. The van der Waals surface area contributed by atoms with Crippen LogP contribution in [-0.2, 0) is 10.4 Å². The van der Waals surface area contributed by atoms with Crippen LogP contribution in [0.15, 0.2) is 91.0 Å². The third kappa shape index (κ3) is 4.52. The van der Waals surface area contributed by atoms with Crippen molar-refractivity contribution in [2.75, 3.05) is 5.01 Å². The summed E-state index contributed by atoms with van der Waals surface area (Å²) in [6, 6.07) is 26.3. The van der Waals surface area contributed by atoms with Crippen molar-refractivity contribution in [2.24, 2.45) is 0 Å². The Balaban J connectivity index is 1.96. The van der Waals surface area contributed by atoms with E-state index in [4.69, 9.17) is 0 Å². The first-order valence-corrected chi connectivity index (χ1v) is 9.60. The van der Waals surface area contributed by atoms with Gasteiger partial charge in [-0.15, -0.1) is 0 Å². The number of anilines is 1. The summed E-state index contributed by atoms with van der Waals surface area (Å²) in [5.41, 5.74) is 2.31. The summed E-state index contributed by atoms with van der Waals surface area (Å²) < 4.78 is 0. The largest absolute Gasteiger partial charge is 0.375 e. The number of rotatable bonds is 6. The molecular weight excluding hydrogens is 364 g/mol. The van der Waals surface area contributed by atoms with Crippen LogP contribution in [0.25, 0.3) is 0 Å². The molecule has 0 aliphatic heterocycles. The lowest BCUT2D eigenvalue weighted by Crippen LogP contribution is -2.54. The summed E-state index contributed by atoms with van der Waals surface area (Å²) in [5.74, 6) is -1.05. The van der Waals surface area contributed by atoms with E-state index in [0.717, 1.165) is 0 Å². The van der Waals surface area contributed by atoms with E-state index in [1.165, 1.54) is 5.01 Å². The Kier molecular flexibility index (Phi) is 6.42. The molecule has 2 amide bonds. The van der Waals surface area contributed by atoms with E-state index in [2.05, 4.69) is 5.43 Å². The maximum absolute atomic E-state index is 13.2. The quantitative estimate of drug-likeness (QED) is 0.626. The lowest BCUT2D eigenvalue weighted by atomic mass is 9.88. The first kappa shape index (κ1) is 20.3. The number of benzene rings is 3. The molecule has 0 aliphatic rings. The number of carbonyl (C=O) groups is 2. The van der Waals surface area contributed by atoms with Crippen LogP contribution < -0.4 is 10.4 Å². The standard InChI is InChI=1S/C24H24N2O3/c1-2-18-24(29,20-14-8-4-9-15-20)23(28)25-26(21-16-10-5-11-17-21)22(27)19-12-6-3-7-13-19/h3-17,29H,2,18H2,1H3,(H,25,28)/t24-/m1/s1. The average molecular weight is 388 g/mol. The molecule has 0 aliphatic carbocycles. The second-order valence-electron chi connectivity index (χ2n) is 6.76. The highest BCUT2D eigenvalue weighted by Crippen LogP contribution is 2.27. The smallest absolute Gasteiger partial charge is 0.277 e. The molecule has 148 valence electrons. The third-order valence-corrected chi connectivity index (χ3v) is 4.69. The number of hydrogen-bond acceptors (Lipinski definition) is 3. The van der Waals surface area contributed by atoms with E-state index in [-0.39, 0.29) is 6.42 Å². The van der Waals surface area contributed by atoms with Crippen molar-refractivity contribution in [3.05, 3.63) is 102 Å². The predicted molar refractivity (Wildman–Crippen MR) is 113 cm³/mol. The van der Waals surface area contributed by atoms with Crippen LogP contribution >= 0.6 is 0 Å². The SMILES string of the molecule is CCC[C@](O)(C(=O)NN(C(=O)c1ccccc1)c1ccccc1)c1ccccc1. The fourth-order valence-corrected chi connectivity index (χ4v) is 3.18. The number of amides is 2. The summed E-state index contributed by atoms with van der Waals surface area (Å²) in [6.45, 7) is 1.89. The minimum Gasteiger partial charge on any atom is -0.375 e. The zero-order chi connectivity index (χ0) is 20.7. The van der Waals surface area contributed by atoms with E-state index in [1.807, 2.05) is 25.1 Å². The molecule has 0 saturated heterocycles. The highest BCUT2D eigenvalue weighted by molar-refractivity contribution is 6.07. The van der Waals surface area contributed by atoms with Gasteiger partial charge in [-0.05, 0) is 36.2 Å². The molecule has 1 atom stereocenters. The van der Waals surface area contributed by atoms with E-state index < -0.39 is 17.4 Å². The van der Waals surface area contributed by atoms with Crippen LogP contribution in [0.4, 0.5) is 5.69 Å². The Morgan fingerprint density at radius 1 is 0.862 bits per heavy atom. The second kappa shape index (κ2) is 9.17. The zero-order valence-corrected chi connectivity index (χ0v) is 16.3. The van der Waals surface area contributed by atoms with Gasteiger partial charge in [-0.1, -0.05) is 80.1 Å². The Hall–Kier alpha value is -3.44. The minimum absolute atomic E-state index is 0.227. The van der Waals surface area contributed by atoms with E-state index in [9.17, 15) is 14.7 Å². The van der Waals surface area contributed by atoms with Crippen LogP contribution in [0.3, 0.4) is 0 Å². The number of para-hydroxylation sites is 1. The lowest BCUT2D eigenvalue weighted by Gasteiger charge is -2.31. The number of hydrogen-bond donors (Lipinski definition) is 2. The van der Waals surface area contributed by atoms with Crippen molar-refractivity contribution in [3.63, 3.8) is 0 Å². The van der Waals surface area contributed by atoms with Gasteiger partial charge in [-0.25, -0.2) is 5.01 Å². The maximum Gasteiger partial charge on any atom is 0.277 e. The maximum atomic E-state index is 13.2. The lowest BCUT2D eigenvalue weighted by molar-refractivity contribution is -0.141. The number of nitrogens with one attached hydrogen (secondary N) is 1. The highest BCUT2D eigenvalue weighted by Gasteiger charge is 2.38. The molecule has 29 heavy (non-hydrogen) atoms. The summed E-state index contributed by atoms with van der Waals surface area (Å²) in [5, 5.41) is 12.4. The van der Waals surface area contributed by atoms with E-state index in [0.29, 0.717) is 23.2 Å². The zero-order valence-electron chi connectivity index (χ0n) is 16.3. The van der Waals surface area contributed by atoms with Crippen molar-refractivity contribution in [2.45, 2.75) is 25.4 Å². The number of hydrazine groups is 1.